The van der Waals surface area contributed by atoms with Gasteiger partial charge in [-0.1, -0.05) is 55.6 Å². The second-order valence-electron chi connectivity index (χ2n) is 5.04. The molecule has 1 N–H and O–H groups in total. The zero-order valence-electron chi connectivity index (χ0n) is 12.6. The molecule has 2 unspecified atom stereocenters. The molecule has 2 nitrogen and oxygen atoms in total. The van der Waals surface area contributed by atoms with Crippen LogP contribution in [0.4, 0.5) is 0 Å². The Bertz CT molecular complexity index is 398. The van der Waals surface area contributed by atoms with Gasteiger partial charge in [0.15, 0.2) is 0 Å². The summed E-state index contributed by atoms with van der Waals surface area (Å²) in [6.07, 6.45) is 4.27. The van der Waals surface area contributed by atoms with E-state index in [-0.39, 0.29) is 12.1 Å². The highest BCUT2D eigenvalue weighted by atomic mass is 35.5. The number of rotatable bonds is 9. The lowest BCUT2D eigenvalue weighted by atomic mass is 9.98. The molecule has 1 rings (SSSR count). The van der Waals surface area contributed by atoms with Crippen molar-refractivity contribution in [3.8, 4) is 0 Å². The van der Waals surface area contributed by atoms with Crippen molar-refractivity contribution >= 4 is 23.2 Å². The number of hydrogen-bond donors (Lipinski definition) is 1. The summed E-state index contributed by atoms with van der Waals surface area (Å²) in [5, 5.41) is 4.84. The van der Waals surface area contributed by atoms with Gasteiger partial charge in [-0.2, -0.15) is 0 Å². The molecule has 20 heavy (non-hydrogen) atoms. The molecule has 0 aliphatic heterocycles. The quantitative estimate of drug-likeness (QED) is 0.711. The summed E-state index contributed by atoms with van der Waals surface area (Å²) in [6.45, 7) is 5.32. The maximum atomic E-state index is 6.30. The number of benzene rings is 1. The lowest BCUT2D eigenvalue weighted by Crippen LogP contribution is -2.43. The summed E-state index contributed by atoms with van der Waals surface area (Å²) < 4.78 is 5.65. The molecule has 0 fully saturated rings. The van der Waals surface area contributed by atoms with Gasteiger partial charge in [-0.3, -0.25) is 0 Å². The van der Waals surface area contributed by atoms with E-state index in [2.05, 4.69) is 19.2 Å². The van der Waals surface area contributed by atoms with Gasteiger partial charge in [-0.25, -0.2) is 0 Å². The predicted octanol–water partition coefficient (Wildman–Crippen LogP) is 4.72. The zero-order valence-corrected chi connectivity index (χ0v) is 14.1. The van der Waals surface area contributed by atoms with Crippen molar-refractivity contribution in [2.75, 3.05) is 13.7 Å². The fraction of sp³-hybridized carbons (Fsp3) is 0.625. The van der Waals surface area contributed by atoms with Crippen LogP contribution in [0.25, 0.3) is 0 Å². The largest absolute Gasteiger partial charge is 0.380 e. The van der Waals surface area contributed by atoms with Gasteiger partial charge in [-0.15, -0.1) is 0 Å². The molecule has 0 aromatic heterocycles. The van der Waals surface area contributed by atoms with Gasteiger partial charge in [0.2, 0.25) is 0 Å². The van der Waals surface area contributed by atoms with Crippen molar-refractivity contribution in [1.82, 2.24) is 5.32 Å². The first-order valence-electron chi connectivity index (χ1n) is 7.33. The van der Waals surface area contributed by atoms with Crippen LogP contribution >= 0.6 is 23.2 Å². The second-order valence-corrected chi connectivity index (χ2v) is 5.83. The van der Waals surface area contributed by atoms with Crippen LogP contribution in [0.1, 0.15) is 38.7 Å². The Balaban J connectivity index is 2.84. The topological polar surface area (TPSA) is 21.3 Å². The highest BCUT2D eigenvalue weighted by Gasteiger charge is 2.21. The van der Waals surface area contributed by atoms with Gasteiger partial charge in [0.25, 0.3) is 0 Å². The third-order valence-electron chi connectivity index (χ3n) is 3.45. The van der Waals surface area contributed by atoms with Crippen molar-refractivity contribution in [1.29, 1.82) is 0 Å². The summed E-state index contributed by atoms with van der Waals surface area (Å²) in [4.78, 5) is 0. The van der Waals surface area contributed by atoms with Crippen LogP contribution < -0.4 is 5.32 Å². The highest BCUT2D eigenvalue weighted by Crippen LogP contribution is 2.27. The lowest BCUT2D eigenvalue weighted by Gasteiger charge is -2.27. The third-order valence-corrected chi connectivity index (χ3v) is 4.31. The molecule has 1 aromatic rings. The molecule has 0 bridgehead atoms. The van der Waals surface area contributed by atoms with Crippen LogP contribution in [0.2, 0.25) is 10.0 Å². The molecule has 0 saturated carbocycles. The Labute approximate surface area is 132 Å². The minimum absolute atomic E-state index is 0.196. The first-order chi connectivity index (χ1) is 9.63. The Morgan fingerprint density at radius 3 is 2.55 bits per heavy atom. The van der Waals surface area contributed by atoms with Crippen molar-refractivity contribution in [2.45, 2.75) is 51.7 Å². The Morgan fingerprint density at radius 2 is 1.95 bits per heavy atom. The molecule has 4 heteroatoms. The minimum Gasteiger partial charge on any atom is -0.380 e. The van der Waals surface area contributed by atoms with Crippen molar-refractivity contribution < 1.29 is 4.74 Å². The number of ether oxygens (including phenoxy) is 1. The molecule has 1 aromatic carbocycles. The van der Waals surface area contributed by atoms with Crippen LogP contribution in [0.5, 0.6) is 0 Å². The molecule has 0 heterocycles. The van der Waals surface area contributed by atoms with Gasteiger partial charge >= 0.3 is 0 Å². The average Bonchev–Trinajstić information content (AvgIpc) is 2.45. The van der Waals surface area contributed by atoms with E-state index < -0.39 is 0 Å². The van der Waals surface area contributed by atoms with Crippen molar-refractivity contribution in [2.24, 2.45) is 0 Å². The third kappa shape index (κ3) is 5.25. The Hall–Kier alpha value is -0.280. The van der Waals surface area contributed by atoms with Crippen molar-refractivity contribution in [3.63, 3.8) is 0 Å². The molecular formula is C16H25Cl2NO. The van der Waals surface area contributed by atoms with Crippen molar-refractivity contribution in [3.05, 3.63) is 33.8 Å². The highest BCUT2D eigenvalue weighted by molar-refractivity contribution is 6.42. The summed E-state index contributed by atoms with van der Waals surface area (Å²) in [6, 6.07) is 6.06. The summed E-state index contributed by atoms with van der Waals surface area (Å²) in [5.41, 5.74) is 1.07. The molecule has 0 saturated heterocycles. The van der Waals surface area contributed by atoms with E-state index in [1.165, 1.54) is 0 Å². The van der Waals surface area contributed by atoms with E-state index >= 15 is 0 Å². The summed E-state index contributed by atoms with van der Waals surface area (Å²) >= 11 is 12.4. The molecule has 0 aliphatic rings. The van der Waals surface area contributed by atoms with Gasteiger partial charge in [-0.05, 0) is 37.4 Å². The standard InChI is InChI=1S/C16H25Cl2NO/c1-4-7-15(20-3)14(19-10-5-2)11-12-8-6-9-13(17)16(12)18/h6,8-9,14-15,19H,4-5,7,10-11H2,1-3H3. The second kappa shape index (κ2) is 9.62. The molecule has 0 spiro atoms. The van der Waals surface area contributed by atoms with E-state index in [9.17, 15) is 0 Å². The molecule has 2 atom stereocenters. The van der Waals surface area contributed by atoms with Crippen LogP contribution in [-0.4, -0.2) is 25.8 Å². The normalized spacial score (nSPS) is 14.2. The van der Waals surface area contributed by atoms with Crippen LogP contribution in [0.15, 0.2) is 18.2 Å². The number of hydrogen-bond acceptors (Lipinski definition) is 2. The summed E-state index contributed by atoms with van der Waals surface area (Å²) in [7, 11) is 1.78. The Kier molecular flexibility index (Phi) is 8.55. The van der Waals surface area contributed by atoms with E-state index in [1.54, 1.807) is 7.11 Å². The minimum atomic E-state index is 0.196. The number of halogens is 2. The maximum absolute atomic E-state index is 6.30. The predicted molar refractivity (Wildman–Crippen MR) is 88.0 cm³/mol. The van der Waals surface area contributed by atoms with E-state index in [4.69, 9.17) is 27.9 Å². The monoisotopic (exact) mass is 317 g/mol. The van der Waals surface area contributed by atoms with E-state index in [0.717, 1.165) is 37.8 Å². The lowest BCUT2D eigenvalue weighted by molar-refractivity contribution is 0.0609. The van der Waals surface area contributed by atoms with E-state index in [1.807, 2.05) is 18.2 Å². The molecule has 0 radical (unpaired) electrons. The summed E-state index contributed by atoms with van der Waals surface area (Å²) in [5.74, 6) is 0. The first kappa shape index (κ1) is 17.8. The molecule has 0 aliphatic carbocycles. The van der Waals surface area contributed by atoms with Crippen LogP contribution in [-0.2, 0) is 11.2 Å². The zero-order chi connectivity index (χ0) is 15.0. The van der Waals surface area contributed by atoms with Gasteiger partial charge in [0.1, 0.15) is 0 Å². The molecule has 0 amide bonds. The smallest absolute Gasteiger partial charge is 0.0727 e. The molecule has 114 valence electrons. The number of nitrogens with one attached hydrogen (secondary N) is 1. The Morgan fingerprint density at radius 1 is 1.20 bits per heavy atom. The number of methoxy groups -OCH3 is 1. The first-order valence-corrected chi connectivity index (χ1v) is 8.08. The van der Waals surface area contributed by atoms with Gasteiger partial charge in [0, 0.05) is 13.2 Å². The van der Waals surface area contributed by atoms with Crippen LogP contribution in [0, 0.1) is 0 Å². The average molecular weight is 318 g/mol. The van der Waals surface area contributed by atoms with Gasteiger partial charge < -0.3 is 10.1 Å². The fourth-order valence-electron chi connectivity index (χ4n) is 2.38. The fourth-order valence-corrected chi connectivity index (χ4v) is 2.77. The SMILES string of the molecule is CCCNC(Cc1cccc(Cl)c1Cl)C(CCC)OC. The van der Waals surface area contributed by atoms with Gasteiger partial charge in [0.05, 0.1) is 16.1 Å². The van der Waals surface area contributed by atoms with E-state index in [0.29, 0.717) is 10.0 Å². The maximum Gasteiger partial charge on any atom is 0.0727 e. The molecular weight excluding hydrogens is 293 g/mol. The van der Waals surface area contributed by atoms with Crippen LogP contribution in [0.3, 0.4) is 0 Å².